The molecule has 0 aliphatic heterocycles. The number of thiol groups is 1. The summed E-state index contributed by atoms with van der Waals surface area (Å²) in [6, 6.07) is -0.451. The molecule has 0 aliphatic rings. The minimum absolute atomic E-state index is 0.0417. The lowest BCUT2D eigenvalue weighted by Gasteiger charge is -2.02. The average molecular weight is 163 g/mol. The molecule has 0 aromatic rings. The van der Waals surface area contributed by atoms with Gasteiger partial charge in [-0.05, 0) is 5.37 Å². The molecule has 0 bridgehead atoms. The highest BCUT2D eigenvalue weighted by Gasteiger charge is 2.08. The number of hydrogen-bond donors (Lipinski definition) is 2. The van der Waals surface area contributed by atoms with Crippen molar-refractivity contribution in [2.75, 3.05) is 5.75 Å². The van der Waals surface area contributed by atoms with E-state index in [9.17, 15) is 4.79 Å². The van der Waals surface area contributed by atoms with Gasteiger partial charge >= 0.3 is 0 Å². The number of hydrogen-bond acceptors (Lipinski definition) is 4. The van der Waals surface area contributed by atoms with Crippen molar-refractivity contribution in [2.24, 2.45) is 5.73 Å². The van der Waals surface area contributed by atoms with E-state index in [1.54, 1.807) is 0 Å². The van der Waals surface area contributed by atoms with Crippen molar-refractivity contribution in [3.05, 3.63) is 0 Å². The fourth-order valence-corrected chi connectivity index (χ4v) is 0.703. The molecule has 0 radical (unpaired) electrons. The smallest absolute Gasteiger partial charge is 0.154 e. The Labute approximate surface area is 65.2 Å². The molecule has 0 saturated carbocycles. The van der Waals surface area contributed by atoms with Gasteiger partial charge in [-0.2, -0.15) is 12.6 Å². The predicted octanol–water partition coefficient (Wildman–Crippen LogP) is 0.202. The van der Waals surface area contributed by atoms with Crippen LogP contribution in [0.15, 0.2) is 0 Å². The quantitative estimate of drug-likeness (QED) is 0.460. The SMILES string of the molecule is N[C@@H](CS)C(=O)CC=S. The molecule has 0 aromatic carbocycles. The number of nitrogens with two attached hydrogens (primary N) is 1. The van der Waals surface area contributed by atoms with E-state index in [1.807, 2.05) is 0 Å². The van der Waals surface area contributed by atoms with Crippen molar-refractivity contribution in [3.8, 4) is 0 Å². The predicted molar refractivity (Wildman–Crippen MR) is 45.1 cm³/mol. The van der Waals surface area contributed by atoms with Gasteiger partial charge < -0.3 is 5.73 Å². The summed E-state index contributed by atoms with van der Waals surface area (Å²) in [6.07, 6.45) is 0.275. The van der Waals surface area contributed by atoms with Crippen molar-refractivity contribution in [3.63, 3.8) is 0 Å². The summed E-state index contributed by atoms with van der Waals surface area (Å²) in [7, 11) is 0. The van der Waals surface area contributed by atoms with Crippen LogP contribution in [0.25, 0.3) is 0 Å². The van der Waals surface area contributed by atoms with E-state index in [0.717, 1.165) is 0 Å². The summed E-state index contributed by atoms with van der Waals surface area (Å²) < 4.78 is 0. The van der Waals surface area contributed by atoms with Crippen LogP contribution in [-0.2, 0) is 4.79 Å². The normalized spacial score (nSPS) is 12.7. The average Bonchev–Trinajstić information content (AvgIpc) is 1.87. The maximum Gasteiger partial charge on any atom is 0.154 e. The Kier molecular flexibility index (Phi) is 4.94. The zero-order chi connectivity index (χ0) is 7.28. The van der Waals surface area contributed by atoms with E-state index in [0.29, 0.717) is 5.75 Å². The Morgan fingerprint density at radius 2 is 2.44 bits per heavy atom. The van der Waals surface area contributed by atoms with Gasteiger partial charge in [0.25, 0.3) is 0 Å². The first kappa shape index (κ1) is 9.07. The third kappa shape index (κ3) is 3.61. The van der Waals surface area contributed by atoms with E-state index in [-0.39, 0.29) is 12.2 Å². The van der Waals surface area contributed by atoms with Gasteiger partial charge in [0.15, 0.2) is 5.78 Å². The minimum atomic E-state index is -0.451. The fourth-order valence-electron chi connectivity index (χ4n) is 0.335. The van der Waals surface area contributed by atoms with Gasteiger partial charge in [-0.3, -0.25) is 4.79 Å². The van der Waals surface area contributed by atoms with E-state index < -0.39 is 6.04 Å². The summed E-state index contributed by atoms with van der Waals surface area (Å²) in [4.78, 5) is 10.7. The van der Waals surface area contributed by atoms with E-state index >= 15 is 0 Å². The number of carbonyl (C=O) groups excluding carboxylic acids is 1. The third-order valence-corrected chi connectivity index (χ3v) is 1.45. The lowest BCUT2D eigenvalue weighted by molar-refractivity contribution is -0.118. The van der Waals surface area contributed by atoms with E-state index in [1.165, 1.54) is 5.37 Å². The monoisotopic (exact) mass is 163 g/mol. The number of carbonyl (C=O) groups is 1. The molecule has 1 atom stereocenters. The van der Waals surface area contributed by atoms with Crippen LogP contribution in [0.2, 0.25) is 0 Å². The largest absolute Gasteiger partial charge is 0.321 e. The van der Waals surface area contributed by atoms with Crippen molar-refractivity contribution in [1.82, 2.24) is 0 Å². The van der Waals surface area contributed by atoms with Crippen molar-refractivity contribution in [1.29, 1.82) is 0 Å². The molecule has 4 heteroatoms. The van der Waals surface area contributed by atoms with Gasteiger partial charge in [-0.1, -0.05) is 12.2 Å². The molecule has 0 aromatic heterocycles. The molecular weight excluding hydrogens is 154 g/mol. The lowest BCUT2D eigenvalue weighted by Crippen LogP contribution is -2.32. The third-order valence-electron chi connectivity index (χ3n) is 0.895. The van der Waals surface area contributed by atoms with Gasteiger partial charge in [0.1, 0.15) is 0 Å². The molecule has 52 valence electrons. The first-order valence-corrected chi connectivity index (χ1v) is 3.65. The van der Waals surface area contributed by atoms with Crippen LogP contribution in [0.5, 0.6) is 0 Å². The molecule has 0 aliphatic carbocycles. The summed E-state index contributed by atoms with van der Waals surface area (Å²) >= 11 is 8.32. The highest BCUT2D eigenvalue weighted by atomic mass is 32.1. The Morgan fingerprint density at radius 3 is 2.78 bits per heavy atom. The van der Waals surface area contributed by atoms with Crippen LogP contribution in [0.3, 0.4) is 0 Å². The van der Waals surface area contributed by atoms with Gasteiger partial charge in [-0.25, -0.2) is 0 Å². The van der Waals surface area contributed by atoms with Gasteiger partial charge in [0, 0.05) is 12.2 Å². The maximum atomic E-state index is 10.7. The van der Waals surface area contributed by atoms with Gasteiger partial charge in [0.2, 0.25) is 0 Å². The number of thiocarbonyl (C=S) groups is 1. The second-order valence-electron chi connectivity index (χ2n) is 1.63. The molecule has 0 saturated heterocycles. The minimum Gasteiger partial charge on any atom is -0.321 e. The Morgan fingerprint density at radius 1 is 1.89 bits per heavy atom. The molecular formula is C5H9NOS2. The number of rotatable bonds is 4. The molecule has 2 N–H and O–H groups in total. The van der Waals surface area contributed by atoms with Crippen LogP contribution in [0, 0.1) is 0 Å². The van der Waals surface area contributed by atoms with E-state index in [2.05, 4.69) is 24.8 Å². The van der Waals surface area contributed by atoms with Crippen LogP contribution in [0.4, 0.5) is 0 Å². The zero-order valence-corrected chi connectivity index (χ0v) is 6.62. The lowest BCUT2D eigenvalue weighted by atomic mass is 10.2. The highest BCUT2D eigenvalue weighted by molar-refractivity contribution is 7.80. The second-order valence-corrected chi connectivity index (χ2v) is 2.32. The van der Waals surface area contributed by atoms with Crippen molar-refractivity contribution in [2.45, 2.75) is 12.5 Å². The Bertz CT molecular complexity index is 116. The summed E-state index contributed by atoms with van der Waals surface area (Å²) in [5.74, 6) is 0.349. The fraction of sp³-hybridized carbons (Fsp3) is 0.600. The van der Waals surface area contributed by atoms with E-state index in [4.69, 9.17) is 5.73 Å². The second kappa shape index (κ2) is 4.90. The highest BCUT2D eigenvalue weighted by Crippen LogP contribution is 1.88. The first-order valence-electron chi connectivity index (χ1n) is 2.55. The van der Waals surface area contributed by atoms with Crippen LogP contribution < -0.4 is 5.73 Å². The standard InChI is InChI=1S/C5H9NOS2/c6-4(3-9)5(7)1-2-8/h2,4,9H,1,3,6H2/t4-/m0/s1. The Hall–Kier alpha value is 0.0700. The number of ketones is 1. The molecule has 0 rings (SSSR count). The molecule has 0 fully saturated rings. The maximum absolute atomic E-state index is 10.7. The summed E-state index contributed by atoms with van der Waals surface area (Å²) in [6.45, 7) is 0. The Balaban J connectivity index is 3.58. The van der Waals surface area contributed by atoms with Crippen molar-refractivity contribution >= 4 is 36.0 Å². The molecule has 9 heavy (non-hydrogen) atoms. The van der Waals surface area contributed by atoms with Crippen LogP contribution in [0.1, 0.15) is 6.42 Å². The number of Topliss-reactive ketones (excluding diaryl/α,β-unsaturated/α-hetero) is 1. The molecule has 2 nitrogen and oxygen atoms in total. The first-order chi connectivity index (χ1) is 4.22. The topological polar surface area (TPSA) is 43.1 Å². The molecule has 0 heterocycles. The van der Waals surface area contributed by atoms with Gasteiger partial charge in [0.05, 0.1) is 6.04 Å². The zero-order valence-electron chi connectivity index (χ0n) is 4.91. The summed E-state index contributed by atoms with van der Waals surface area (Å²) in [5, 5.41) is 1.38. The van der Waals surface area contributed by atoms with Crippen molar-refractivity contribution < 1.29 is 4.79 Å². The molecule has 0 spiro atoms. The van der Waals surface area contributed by atoms with Crippen LogP contribution in [-0.4, -0.2) is 22.9 Å². The molecule has 0 unspecified atom stereocenters. The van der Waals surface area contributed by atoms with Crippen LogP contribution >= 0.6 is 24.8 Å². The van der Waals surface area contributed by atoms with Gasteiger partial charge in [-0.15, -0.1) is 0 Å². The summed E-state index contributed by atoms with van der Waals surface area (Å²) in [5.41, 5.74) is 5.31. The molecule has 0 amide bonds.